The van der Waals surface area contributed by atoms with Crippen LogP contribution in [0.15, 0.2) is 0 Å². The summed E-state index contributed by atoms with van der Waals surface area (Å²) < 4.78 is 24.2. The predicted molar refractivity (Wildman–Crippen MR) is 291 cm³/mol. The van der Waals surface area contributed by atoms with Crippen molar-refractivity contribution in [3.8, 4) is 0 Å². The molecule has 79 heavy (non-hydrogen) atoms. The molecule has 15 heteroatoms. The van der Waals surface area contributed by atoms with Crippen LogP contribution in [0.4, 0.5) is 0 Å². The molecule has 11 rings (SSSR count). The molecular weight excluding hydrogens is 1000 g/mol. The van der Waals surface area contributed by atoms with Crippen LogP contribution in [0.5, 0.6) is 0 Å². The second-order valence-electron chi connectivity index (χ2n) is 29.0. The summed E-state index contributed by atoms with van der Waals surface area (Å²) in [6.45, 7) is 15.4. The van der Waals surface area contributed by atoms with Crippen LogP contribution in [0.25, 0.3) is 0 Å². The topological polar surface area (TPSA) is 203 Å². The Kier molecular flexibility index (Phi) is 17.2. The Bertz CT molecular complexity index is 2270. The summed E-state index contributed by atoms with van der Waals surface area (Å²) in [7, 11) is 0. The van der Waals surface area contributed by atoms with E-state index >= 15 is 0 Å². The van der Waals surface area contributed by atoms with Gasteiger partial charge in [0.25, 0.3) is 0 Å². The Labute approximate surface area is 469 Å². The third kappa shape index (κ3) is 11.4. The van der Waals surface area contributed by atoms with Gasteiger partial charge >= 0.3 is 29.8 Å². The van der Waals surface area contributed by atoms with Gasteiger partial charge in [0.1, 0.15) is 37.0 Å². The van der Waals surface area contributed by atoms with Crippen LogP contribution in [0, 0.1) is 136 Å². The van der Waals surface area contributed by atoms with Crippen LogP contribution in [-0.2, 0) is 52.5 Å². The molecule has 2 N–H and O–H groups in total. The molecule has 15 nitrogen and oxygen atoms in total. The summed E-state index contributed by atoms with van der Waals surface area (Å²) >= 11 is 0. The number of piperidine rings is 2. The number of carboxylic acids is 1. The molecule has 0 spiro atoms. The average Bonchev–Trinajstić information content (AvgIpc) is 4.49. The first-order valence-corrected chi connectivity index (χ1v) is 32.0. The van der Waals surface area contributed by atoms with Crippen molar-refractivity contribution >= 4 is 41.4 Å². The van der Waals surface area contributed by atoms with Gasteiger partial charge in [0.2, 0.25) is 0 Å². The molecule has 9 aliphatic carbocycles. The normalized spacial score (nSPS) is 43.3. The van der Waals surface area contributed by atoms with E-state index in [9.17, 15) is 43.8 Å². The minimum atomic E-state index is -0.763. The van der Waals surface area contributed by atoms with Gasteiger partial charge in [-0.2, -0.15) is 0 Å². The number of Topliss-reactive ketones (excluding diaryl/α,β-unsaturated/α-hetero) is 2. The molecule has 11 fully saturated rings. The third-order valence-electron chi connectivity index (χ3n) is 24.3. The first-order valence-electron chi connectivity index (χ1n) is 32.0. The maximum atomic E-state index is 14.9. The Hall–Kier alpha value is -3.43. The largest absolute Gasteiger partial charge is 0.481 e. The summed E-state index contributed by atoms with van der Waals surface area (Å²) in [5.74, 6) is -3.09. The molecule has 0 amide bonds. The number of rotatable bonds is 21. The quantitative estimate of drug-likeness (QED) is 0.0633. The van der Waals surface area contributed by atoms with E-state index in [1.54, 1.807) is 0 Å². The molecule has 9 saturated carbocycles. The zero-order valence-electron chi connectivity index (χ0n) is 48.4. The number of likely N-dealkylation sites (tertiary alicyclic amines) is 2. The van der Waals surface area contributed by atoms with Crippen molar-refractivity contribution in [2.75, 3.05) is 65.7 Å². The summed E-state index contributed by atoms with van der Waals surface area (Å²) in [4.78, 5) is 103. The van der Waals surface area contributed by atoms with Crippen LogP contribution in [0.1, 0.15) is 150 Å². The lowest BCUT2D eigenvalue weighted by atomic mass is 9.58. The molecule has 23 atom stereocenters. The van der Waals surface area contributed by atoms with Crippen LogP contribution < -0.4 is 0 Å². The van der Waals surface area contributed by atoms with E-state index in [0.29, 0.717) is 68.4 Å². The molecule has 8 bridgehead atoms. The molecule has 23 unspecified atom stereocenters. The number of carbonyl (C=O) groups excluding carboxylic acids is 6. The lowest BCUT2D eigenvalue weighted by Crippen LogP contribution is -2.47. The number of aliphatic carboxylic acids is 1. The number of ether oxygens (including phenoxy) is 4. The monoisotopic (exact) mass is 1100 g/mol. The zero-order valence-corrected chi connectivity index (χ0v) is 48.4. The van der Waals surface area contributed by atoms with E-state index in [2.05, 4.69) is 16.7 Å². The zero-order chi connectivity index (χ0) is 55.6. The number of ketones is 2. The number of hydrogen-bond donors (Lipinski definition) is 2. The first kappa shape index (κ1) is 57.4. The fourth-order valence-corrected chi connectivity index (χ4v) is 20.9. The number of aliphatic hydroxyl groups is 1. The van der Waals surface area contributed by atoms with Crippen molar-refractivity contribution in [3.05, 3.63) is 0 Å². The van der Waals surface area contributed by atoms with Gasteiger partial charge in [0, 0.05) is 24.9 Å². The predicted octanol–water partition coefficient (Wildman–Crippen LogP) is 8.16. The van der Waals surface area contributed by atoms with E-state index in [1.165, 1.54) is 12.8 Å². The minimum absolute atomic E-state index is 0.00767. The van der Waals surface area contributed by atoms with Gasteiger partial charge in [-0.25, -0.2) is 0 Å². The summed E-state index contributed by atoms with van der Waals surface area (Å²) in [6, 6.07) is 0. The summed E-state index contributed by atoms with van der Waals surface area (Å²) in [5.41, 5.74) is -0.563. The van der Waals surface area contributed by atoms with Crippen molar-refractivity contribution in [1.82, 2.24) is 9.80 Å². The highest BCUT2D eigenvalue weighted by Crippen LogP contribution is 2.69. The number of carboxylic acid groups (broad SMARTS) is 1. The number of carbonyl (C=O) groups is 7. The lowest BCUT2D eigenvalue weighted by molar-refractivity contribution is -0.167. The fraction of sp³-hybridized carbons (Fsp3) is 0.891. The number of nitrogens with zero attached hydrogens (tertiary/aromatic N) is 2. The maximum Gasteiger partial charge on any atom is 0.310 e. The highest BCUT2D eigenvalue weighted by Gasteiger charge is 2.67. The van der Waals surface area contributed by atoms with Gasteiger partial charge < -0.3 is 29.2 Å². The van der Waals surface area contributed by atoms with E-state index < -0.39 is 41.2 Å². The van der Waals surface area contributed by atoms with E-state index in [0.717, 1.165) is 96.8 Å². The van der Waals surface area contributed by atoms with Gasteiger partial charge in [0.05, 0.1) is 42.6 Å². The molecule has 2 aliphatic heterocycles. The molecular formula is C64H96N2O13. The number of fused-ring (bicyclic) bond motifs is 8. The Morgan fingerprint density at radius 3 is 1.48 bits per heavy atom. The highest BCUT2D eigenvalue weighted by atomic mass is 16.6. The van der Waals surface area contributed by atoms with Gasteiger partial charge in [-0.15, -0.1) is 0 Å². The standard InChI is InChI=1S/C64H96N2O13/c1-34-36-22-43(54(23-36)61(73)79-64(3,4)5)39(34)28-41-38-25-45(53(27-38)60(72)78-21-18-67)46(41)30-42-37-24-44(52(26-37)59(70)71)47(42)31-49-48(29-40-35(2)55(68)33-56(40)69)50-32-51(49)58(63(75)77-20-17-66-14-10-7-11-15-66)57(50)62(74)76-19-16-65-12-8-6-9-13-65/h34-54,57-58,67H,6-33H2,1-5H3,(H,70,71). The van der Waals surface area contributed by atoms with Crippen molar-refractivity contribution in [1.29, 1.82) is 0 Å². The third-order valence-corrected chi connectivity index (χ3v) is 24.3. The Morgan fingerprint density at radius 2 is 0.962 bits per heavy atom. The second-order valence-corrected chi connectivity index (χ2v) is 29.0. The van der Waals surface area contributed by atoms with E-state index in [1.807, 2.05) is 27.7 Å². The Balaban J connectivity index is 0.897. The van der Waals surface area contributed by atoms with Crippen LogP contribution >= 0.6 is 0 Å². The van der Waals surface area contributed by atoms with Gasteiger partial charge in [-0.1, -0.05) is 26.7 Å². The van der Waals surface area contributed by atoms with E-state index in [4.69, 9.17) is 18.9 Å². The molecule has 440 valence electrons. The molecule has 2 heterocycles. The Morgan fingerprint density at radius 1 is 0.506 bits per heavy atom. The van der Waals surface area contributed by atoms with Gasteiger partial charge in [0.15, 0.2) is 0 Å². The number of hydrogen-bond acceptors (Lipinski definition) is 14. The summed E-state index contributed by atoms with van der Waals surface area (Å²) in [6.07, 6.45) is 15.4. The number of esters is 4. The van der Waals surface area contributed by atoms with Crippen LogP contribution in [-0.4, -0.2) is 133 Å². The van der Waals surface area contributed by atoms with Crippen molar-refractivity contribution in [2.45, 2.75) is 156 Å². The van der Waals surface area contributed by atoms with Crippen molar-refractivity contribution in [3.63, 3.8) is 0 Å². The van der Waals surface area contributed by atoms with E-state index in [-0.39, 0.29) is 145 Å². The molecule has 0 aromatic rings. The molecule has 11 aliphatic rings. The maximum absolute atomic E-state index is 14.9. The average molecular weight is 1100 g/mol. The number of aliphatic hydroxyl groups excluding tert-OH is 1. The van der Waals surface area contributed by atoms with Gasteiger partial charge in [-0.05, 0) is 238 Å². The smallest absolute Gasteiger partial charge is 0.310 e. The van der Waals surface area contributed by atoms with Gasteiger partial charge in [-0.3, -0.25) is 43.4 Å². The molecule has 0 aromatic carbocycles. The van der Waals surface area contributed by atoms with Crippen LogP contribution in [0.2, 0.25) is 0 Å². The molecule has 2 saturated heterocycles. The minimum Gasteiger partial charge on any atom is -0.481 e. The molecule has 0 radical (unpaired) electrons. The summed E-state index contributed by atoms with van der Waals surface area (Å²) in [5, 5.41) is 20.6. The second kappa shape index (κ2) is 23.7. The fourth-order valence-electron chi connectivity index (χ4n) is 20.9. The molecule has 0 aromatic heterocycles. The highest BCUT2D eigenvalue weighted by molar-refractivity contribution is 6.08. The van der Waals surface area contributed by atoms with Crippen molar-refractivity contribution in [2.24, 2.45) is 136 Å². The lowest BCUT2D eigenvalue weighted by Gasteiger charge is -2.46. The van der Waals surface area contributed by atoms with Crippen molar-refractivity contribution < 1.29 is 62.7 Å². The SMILES string of the molecule is CC1C(=O)CC(=O)C1CC1C(CC2C(CC3C(CC4C(C)C5CC(C(=O)OC(C)(C)C)C4C5)C4CC(C(=O)OCCO)C3C4)C3CC(C(=O)O)C2C3)C2CC1C(C(=O)OCCN1CCCCC1)C2C(=O)OCCN1CCCCC1. The first-order chi connectivity index (χ1) is 37.9. The van der Waals surface area contributed by atoms with Crippen LogP contribution in [0.3, 0.4) is 0 Å².